The molecule has 0 aliphatic carbocycles. The smallest absolute Gasteiger partial charge is 0.120 e. The molecule has 4 atom stereocenters. The quantitative estimate of drug-likeness (QED) is 0.760. The van der Waals surface area contributed by atoms with Crippen molar-refractivity contribution in [2.45, 2.75) is 75.8 Å². The zero-order chi connectivity index (χ0) is 13.0. The van der Waals surface area contributed by atoms with Gasteiger partial charge in [-0.15, -0.1) is 0 Å². The summed E-state index contributed by atoms with van der Waals surface area (Å²) in [6.45, 7) is 2.36. The lowest BCUT2D eigenvalue weighted by molar-refractivity contribution is -0.185. The molecule has 2 heterocycles. The predicted molar refractivity (Wildman–Crippen MR) is 68.4 cm³/mol. The molecule has 0 bridgehead atoms. The van der Waals surface area contributed by atoms with Crippen molar-refractivity contribution in [1.29, 1.82) is 0 Å². The molecule has 2 aliphatic heterocycles. The van der Waals surface area contributed by atoms with Crippen molar-refractivity contribution in [3.05, 3.63) is 0 Å². The number of hydrogen-bond donors (Lipinski definition) is 2. The van der Waals surface area contributed by atoms with Gasteiger partial charge in [0, 0.05) is 13.0 Å². The number of unbranched alkanes of at least 4 members (excludes halogenated alkanes) is 1. The lowest BCUT2D eigenvalue weighted by Gasteiger charge is -2.40. The van der Waals surface area contributed by atoms with E-state index in [0.29, 0.717) is 6.42 Å². The van der Waals surface area contributed by atoms with Crippen LogP contribution in [0, 0.1) is 0 Å². The largest absolute Gasteiger partial charge is 0.396 e. The molecular weight excluding hydrogens is 232 g/mol. The van der Waals surface area contributed by atoms with Crippen molar-refractivity contribution in [2.24, 2.45) is 0 Å². The molecule has 2 rings (SSSR count). The van der Waals surface area contributed by atoms with Crippen LogP contribution in [0.3, 0.4) is 0 Å². The first-order chi connectivity index (χ1) is 8.74. The van der Waals surface area contributed by atoms with Gasteiger partial charge in [-0.2, -0.15) is 0 Å². The van der Waals surface area contributed by atoms with Crippen LogP contribution in [0.2, 0.25) is 0 Å². The molecule has 2 fully saturated rings. The highest BCUT2D eigenvalue weighted by atomic mass is 16.6. The summed E-state index contributed by atoms with van der Waals surface area (Å²) in [4.78, 5) is 0. The van der Waals surface area contributed by atoms with Gasteiger partial charge in [-0.1, -0.05) is 19.8 Å². The summed E-state index contributed by atoms with van der Waals surface area (Å²) in [7, 11) is 0. The summed E-state index contributed by atoms with van der Waals surface area (Å²) in [6, 6.07) is 0. The maximum absolute atomic E-state index is 9.71. The van der Waals surface area contributed by atoms with Crippen LogP contribution in [0.5, 0.6) is 0 Å². The van der Waals surface area contributed by atoms with Crippen molar-refractivity contribution in [3.8, 4) is 0 Å². The van der Waals surface area contributed by atoms with Crippen LogP contribution >= 0.6 is 0 Å². The fourth-order valence-electron chi connectivity index (χ4n) is 3.26. The highest BCUT2D eigenvalue weighted by Gasteiger charge is 2.52. The van der Waals surface area contributed by atoms with E-state index < -0.39 is 5.60 Å². The Hall–Kier alpha value is -0.160. The highest BCUT2D eigenvalue weighted by molar-refractivity contribution is 5.01. The maximum Gasteiger partial charge on any atom is 0.120 e. The summed E-state index contributed by atoms with van der Waals surface area (Å²) in [5.74, 6) is 0. The first kappa shape index (κ1) is 14.3. The van der Waals surface area contributed by atoms with Crippen LogP contribution in [0.25, 0.3) is 0 Å². The lowest BCUT2D eigenvalue weighted by atomic mass is 9.86. The normalized spacial score (nSPS) is 39.8. The number of fused-ring (bicyclic) bond motifs is 1. The predicted octanol–water partition coefficient (Wildman–Crippen LogP) is 1.63. The fraction of sp³-hybridized carbons (Fsp3) is 1.00. The number of aliphatic hydroxyl groups is 2. The minimum absolute atomic E-state index is 0.0300. The third kappa shape index (κ3) is 2.87. The second-order valence-electron chi connectivity index (χ2n) is 5.65. The summed E-state index contributed by atoms with van der Waals surface area (Å²) in [6.07, 6.45) is 7.07. The van der Waals surface area contributed by atoms with Crippen LogP contribution in [0.1, 0.15) is 51.9 Å². The number of hydrogen-bond acceptors (Lipinski definition) is 4. The van der Waals surface area contributed by atoms with E-state index in [0.717, 1.165) is 25.7 Å². The molecule has 4 heteroatoms. The molecule has 106 valence electrons. The van der Waals surface area contributed by atoms with Crippen LogP contribution in [0.15, 0.2) is 0 Å². The number of aliphatic hydroxyl groups excluding tert-OH is 2. The van der Waals surface area contributed by atoms with Gasteiger partial charge in [-0.3, -0.25) is 0 Å². The zero-order valence-corrected chi connectivity index (χ0v) is 11.3. The van der Waals surface area contributed by atoms with E-state index in [1.54, 1.807) is 0 Å². The zero-order valence-electron chi connectivity index (χ0n) is 11.3. The Morgan fingerprint density at radius 3 is 2.67 bits per heavy atom. The van der Waals surface area contributed by atoms with E-state index in [-0.39, 0.29) is 31.5 Å². The van der Waals surface area contributed by atoms with Crippen molar-refractivity contribution < 1.29 is 19.7 Å². The van der Waals surface area contributed by atoms with Gasteiger partial charge in [0.1, 0.15) is 5.60 Å². The van der Waals surface area contributed by atoms with E-state index in [9.17, 15) is 5.11 Å². The standard InChI is InChI=1S/C14H26O4/c1-2-3-4-12-9-14(10-16)13(17-12)6-5-11(18-14)7-8-15/h11-13,15-16H,2-10H2,1H3/t11?,12-,13-,14?/m0/s1. The Morgan fingerprint density at radius 2 is 2.00 bits per heavy atom. The van der Waals surface area contributed by atoms with Crippen LogP contribution in [-0.2, 0) is 9.47 Å². The average molecular weight is 258 g/mol. The molecule has 0 amide bonds. The monoisotopic (exact) mass is 258 g/mol. The molecule has 2 saturated heterocycles. The minimum Gasteiger partial charge on any atom is -0.396 e. The van der Waals surface area contributed by atoms with Gasteiger partial charge in [0.2, 0.25) is 0 Å². The fourth-order valence-corrected chi connectivity index (χ4v) is 3.26. The third-order valence-corrected chi connectivity index (χ3v) is 4.27. The van der Waals surface area contributed by atoms with Gasteiger partial charge < -0.3 is 19.7 Å². The van der Waals surface area contributed by atoms with Crippen molar-refractivity contribution >= 4 is 0 Å². The molecular formula is C14H26O4. The molecule has 0 radical (unpaired) electrons. The molecule has 0 spiro atoms. The van der Waals surface area contributed by atoms with Gasteiger partial charge in [0.15, 0.2) is 0 Å². The Bertz CT molecular complexity index is 258. The molecule has 18 heavy (non-hydrogen) atoms. The van der Waals surface area contributed by atoms with E-state index >= 15 is 0 Å². The Labute approximate surface area is 109 Å². The van der Waals surface area contributed by atoms with Gasteiger partial charge in [-0.05, 0) is 25.7 Å². The third-order valence-electron chi connectivity index (χ3n) is 4.27. The molecule has 2 N–H and O–H groups in total. The lowest BCUT2D eigenvalue weighted by Crippen LogP contribution is -2.51. The Kier molecular flexibility index (Phi) is 5.01. The van der Waals surface area contributed by atoms with E-state index in [1.807, 2.05) is 0 Å². The van der Waals surface area contributed by atoms with Gasteiger partial charge in [0.05, 0.1) is 24.9 Å². The highest BCUT2D eigenvalue weighted by Crippen LogP contribution is 2.43. The van der Waals surface area contributed by atoms with Crippen molar-refractivity contribution in [3.63, 3.8) is 0 Å². The summed E-state index contributed by atoms with van der Waals surface area (Å²) in [5.41, 5.74) is -0.503. The molecule has 0 aromatic carbocycles. The topological polar surface area (TPSA) is 58.9 Å². The molecule has 0 saturated carbocycles. The molecule has 2 aliphatic rings. The average Bonchev–Trinajstić information content (AvgIpc) is 2.75. The Balaban J connectivity index is 1.96. The number of rotatable bonds is 6. The van der Waals surface area contributed by atoms with E-state index in [1.165, 1.54) is 12.8 Å². The summed E-state index contributed by atoms with van der Waals surface area (Å²) in [5, 5.41) is 18.7. The maximum atomic E-state index is 9.71. The van der Waals surface area contributed by atoms with Crippen LogP contribution < -0.4 is 0 Å². The van der Waals surface area contributed by atoms with Gasteiger partial charge >= 0.3 is 0 Å². The Morgan fingerprint density at radius 1 is 1.17 bits per heavy atom. The van der Waals surface area contributed by atoms with Crippen molar-refractivity contribution in [2.75, 3.05) is 13.2 Å². The van der Waals surface area contributed by atoms with Gasteiger partial charge in [-0.25, -0.2) is 0 Å². The molecule has 0 aromatic rings. The van der Waals surface area contributed by atoms with E-state index in [4.69, 9.17) is 14.6 Å². The number of ether oxygens (including phenoxy) is 2. The SMILES string of the molecule is CCCC[C@H]1CC2(CO)OC(CCO)CC[C@@H]2O1. The van der Waals surface area contributed by atoms with E-state index in [2.05, 4.69) is 6.92 Å². The van der Waals surface area contributed by atoms with Crippen molar-refractivity contribution in [1.82, 2.24) is 0 Å². The first-order valence-corrected chi connectivity index (χ1v) is 7.29. The second-order valence-corrected chi connectivity index (χ2v) is 5.65. The van der Waals surface area contributed by atoms with Gasteiger partial charge in [0.25, 0.3) is 0 Å². The second kappa shape index (κ2) is 6.33. The molecule has 2 unspecified atom stereocenters. The molecule has 0 aromatic heterocycles. The minimum atomic E-state index is -0.503. The summed E-state index contributed by atoms with van der Waals surface area (Å²) < 4.78 is 12.1. The first-order valence-electron chi connectivity index (χ1n) is 7.29. The summed E-state index contributed by atoms with van der Waals surface area (Å²) >= 11 is 0. The molecule has 4 nitrogen and oxygen atoms in total. The van der Waals surface area contributed by atoms with Crippen LogP contribution in [-0.4, -0.2) is 47.3 Å². The van der Waals surface area contributed by atoms with Crippen LogP contribution in [0.4, 0.5) is 0 Å².